The molecule has 2 rings (SSSR count). The minimum Gasteiger partial charge on any atom is -0.444 e. The van der Waals surface area contributed by atoms with E-state index in [9.17, 15) is 4.79 Å². The number of carbonyl (C=O) groups is 1. The lowest BCUT2D eigenvalue weighted by molar-refractivity contribution is 0.0139. The number of rotatable bonds is 4. The lowest BCUT2D eigenvalue weighted by Crippen LogP contribution is -2.49. The Kier molecular flexibility index (Phi) is 5.77. The van der Waals surface area contributed by atoms with Gasteiger partial charge in [-0.25, -0.2) is 9.78 Å². The third kappa shape index (κ3) is 5.23. The molecule has 1 aliphatic heterocycles. The van der Waals surface area contributed by atoms with Gasteiger partial charge in [-0.05, 0) is 27.3 Å². The van der Waals surface area contributed by atoms with Crippen LogP contribution in [0.3, 0.4) is 0 Å². The number of thiazole rings is 1. The zero-order chi connectivity index (χ0) is 16.2. The Hall–Kier alpha value is -1.18. The highest BCUT2D eigenvalue weighted by molar-refractivity contribution is 7.09. The quantitative estimate of drug-likeness (QED) is 0.912. The fraction of sp³-hybridized carbons (Fsp3) is 0.733. The van der Waals surface area contributed by atoms with E-state index >= 15 is 0 Å². The number of hydrogen-bond acceptors (Lipinski definition) is 6. The third-order valence-electron chi connectivity index (χ3n) is 3.38. The maximum atomic E-state index is 12.0. The summed E-state index contributed by atoms with van der Waals surface area (Å²) in [5, 5.41) is 3.20. The Morgan fingerprint density at radius 3 is 2.64 bits per heavy atom. The summed E-state index contributed by atoms with van der Waals surface area (Å²) >= 11 is 1.68. The van der Waals surface area contributed by atoms with Crippen LogP contribution in [0.5, 0.6) is 0 Å². The summed E-state index contributed by atoms with van der Waals surface area (Å²) in [4.78, 5) is 20.7. The molecule has 22 heavy (non-hydrogen) atoms. The fourth-order valence-electron chi connectivity index (χ4n) is 2.29. The second-order valence-electron chi connectivity index (χ2n) is 6.51. The topological polar surface area (TPSA) is 71.7 Å². The number of nitrogens with zero attached hydrogens (tertiary/aromatic N) is 3. The molecule has 0 spiro atoms. The van der Waals surface area contributed by atoms with Crippen LogP contribution in [0, 0.1) is 0 Å². The zero-order valence-electron chi connectivity index (χ0n) is 13.7. The summed E-state index contributed by atoms with van der Waals surface area (Å²) in [6.07, 6.45) is 0.620. The smallest absolute Gasteiger partial charge is 0.410 e. The Balaban J connectivity index is 1.78. The first-order chi connectivity index (χ1) is 10.4. The number of carbonyl (C=O) groups excluding carboxylic acids is 1. The van der Waals surface area contributed by atoms with Crippen LogP contribution >= 0.6 is 11.3 Å². The molecular weight excluding hydrogens is 300 g/mol. The van der Waals surface area contributed by atoms with Gasteiger partial charge in [0.05, 0.1) is 12.2 Å². The minimum absolute atomic E-state index is 0.216. The molecule has 2 heterocycles. The van der Waals surface area contributed by atoms with Crippen molar-refractivity contribution in [2.24, 2.45) is 5.73 Å². The van der Waals surface area contributed by atoms with Gasteiger partial charge in [0.25, 0.3) is 0 Å². The molecule has 0 radical (unpaired) electrons. The Morgan fingerprint density at radius 2 is 2.05 bits per heavy atom. The summed E-state index contributed by atoms with van der Waals surface area (Å²) in [7, 11) is 0. The van der Waals surface area contributed by atoms with Crippen LogP contribution in [0.25, 0.3) is 0 Å². The monoisotopic (exact) mass is 326 g/mol. The van der Waals surface area contributed by atoms with Gasteiger partial charge in [-0.15, -0.1) is 11.3 Å². The zero-order valence-corrected chi connectivity index (χ0v) is 14.5. The standard InChI is InChI=1S/C15H26N4O2S/c1-15(2,3)21-14(20)19-8-6-18(7-9-19)10-13-17-12(4-5-16)11-22-13/h11H,4-10,16H2,1-3H3. The lowest BCUT2D eigenvalue weighted by atomic mass is 10.2. The molecule has 2 N–H and O–H groups in total. The van der Waals surface area contributed by atoms with Gasteiger partial charge in [-0.3, -0.25) is 4.90 Å². The number of aromatic nitrogens is 1. The molecule has 1 aliphatic rings. The molecule has 0 atom stereocenters. The molecule has 1 fully saturated rings. The van der Waals surface area contributed by atoms with Crippen LogP contribution in [0.1, 0.15) is 31.5 Å². The van der Waals surface area contributed by atoms with Gasteiger partial charge >= 0.3 is 6.09 Å². The van der Waals surface area contributed by atoms with Crippen LogP contribution in [0.4, 0.5) is 4.79 Å². The van der Waals surface area contributed by atoms with Crippen molar-refractivity contribution in [1.29, 1.82) is 0 Å². The molecule has 0 saturated carbocycles. The van der Waals surface area contributed by atoms with Crippen LogP contribution in [-0.4, -0.2) is 59.2 Å². The van der Waals surface area contributed by atoms with Crippen LogP contribution in [0.2, 0.25) is 0 Å². The first kappa shape index (κ1) is 17.2. The van der Waals surface area contributed by atoms with Crippen LogP contribution in [-0.2, 0) is 17.7 Å². The largest absolute Gasteiger partial charge is 0.444 e. The summed E-state index contributed by atoms with van der Waals surface area (Å²) in [6, 6.07) is 0. The van der Waals surface area contributed by atoms with Crippen molar-refractivity contribution in [3.05, 3.63) is 16.1 Å². The molecule has 6 nitrogen and oxygen atoms in total. The first-order valence-electron chi connectivity index (χ1n) is 7.71. The highest BCUT2D eigenvalue weighted by atomic mass is 32.1. The van der Waals surface area contributed by atoms with Crippen molar-refractivity contribution < 1.29 is 9.53 Å². The van der Waals surface area contributed by atoms with Gasteiger partial charge in [-0.1, -0.05) is 0 Å². The van der Waals surface area contributed by atoms with Gasteiger partial charge in [0, 0.05) is 38.0 Å². The van der Waals surface area contributed by atoms with E-state index in [1.165, 1.54) is 0 Å². The van der Waals surface area contributed by atoms with E-state index in [2.05, 4.69) is 15.3 Å². The summed E-state index contributed by atoms with van der Waals surface area (Å²) < 4.78 is 5.41. The Bertz CT molecular complexity index is 490. The number of piperazine rings is 1. The van der Waals surface area contributed by atoms with Crippen molar-refractivity contribution in [3.63, 3.8) is 0 Å². The Morgan fingerprint density at radius 1 is 1.36 bits per heavy atom. The number of nitrogens with two attached hydrogens (primary N) is 1. The number of ether oxygens (including phenoxy) is 1. The summed E-state index contributed by atoms with van der Waals surface area (Å²) in [6.45, 7) is 10.3. The first-order valence-corrected chi connectivity index (χ1v) is 8.59. The van der Waals surface area contributed by atoms with E-state index in [-0.39, 0.29) is 6.09 Å². The van der Waals surface area contributed by atoms with E-state index in [0.717, 1.165) is 36.8 Å². The maximum absolute atomic E-state index is 12.0. The highest BCUT2D eigenvalue weighted by Crippen LogP contribution is 2.16. The Labute approximate surface area is 136 Å². The molecule has 0 bridgehead atoms. The van der Waals surface area contributed by atoms with Crippen LogP contribution < -0.4 is 5.73 Å². The minimum atomic E-state index is -0.436. The van der Waals surface area contributed by atoms with E-state index in [1.807, 2.05) is 20.8 Å². The normalized spacial score (nSPS) is 16.8. The third-order valence-corrected chi connectivity index (χ3v) is 4.27. The van der Waals surface area contributed by atoms with E-state index < -0.39 is 5.60 Å². The molecule has 1 saturated heterocycles. The second-order valence-corrected chi connectivity index (χ2v) is 7.46. The van der Waals surface area contributed by atoms with Gasteiger partial charge < -0.3 is 15.4 Å². The predicted molar refractivity (Wildman–Crippen MR) is 88.0 cm³/mol. The molecule has 7 heteroatoms. The van der Waals surface area contributed by atoms with Crippen molar-refractivity contribution in [1.82, 2.24) is 14.8 Å². The van der Waals surface area contributed by atoms with Gasteiger partial charge in [0.15, 0.2) is 0 Å². The lowest BCUT2D eigenvalue weighted by Gasteiger charge is -2.35. The fourth-order valence-corrected chi connectivity index (χ4v) is 3.16. The maximum Gasteiger partial charge on any atom is 0.410 e. The number of amides is 1. The molecule has 124 valence electrons. The highest BCUT2D eigenvalue weighted by Gasteiger charge is 2.26. The molecular formula is C15H26N4O2S. The van der Waals surface area contributed by atoms with Crippen molar-refractivity contribution >= 4 is 17.4 Å². The van der Waals surface area contributed by atoms with E-state index in [0.29, 0.717) is 19.6 Å². The van der Waals surface area contributed by atoms with Gasteiger partial charge in [-0.2, -0.15) is 0 Å². The molecule has 0 aromatic carbocycles. The molecule has 1 aromatic rings. The van der Waals surface area contributed by atoms with E-state index in [1.54, 1.807) is 16.2 Å². The van der Waals surface area contributed by atoms with Crippen LogP contribution in [0.15, 0.2) is 5.38 Å². The average molecular weight is 326 g/mol. The molecule has 1 amide bonds. The molecule has 0 aliphatic carbocycles. The van der Waals surface area contributed by atoms with Crippen molar-refractivity contribution in [2.45, 2.75) is 39.3 Å². The second kappa shape index (κ2) is 7.39. The molecule has 1 aromatic heterocycles. The van der Waals surface area contributed by atoms with E-state index in [4.69, 9.17) is 10.5 Å². The summed E-state index contributed by atoms with van der Waals surface area (Å²) in [5.74, 6) is 0. The SMILES string of the molecule is CC(C)(C)OC(=O)N1CCN(Cc2nc(CCN)cs2)CC1. The van der Waals surface area contributed by atoms with Crippen molar-refractivity contribution in [2.75, 3.05) is 32.7 Å². The van der Waals surface area contributed by atoms with Crippen molar-refractivity contribution in [3.8, 4) is 0 Å². The van der Waals surface area contributed by atoms with Gasteiger partial charge in [0.1, 0.15) is 10.6 Å². The number of hydrogen-bond donors (Lipinski definition) is 1. The van der Waals surface area contributed by atoms with Gasteiger partial charge in [0.2, 0.25) is 0 Å². The molecule has 0 unspecified atom stereocenters. The predicted octanol–water partition coefficient (Wildman–Crippen LogP) is 1.70. The summed E-state index contributed by atoms with van der Waals surface area (Å²) in [5.41, 5.74) is 6.19. The average Bonchev–Trinajstić information content (AvgIpc) is 2.85.